The number of aliphatic hydroxyl groups excluding tert-OH is 3. The van der Waals surface area contributed by atoms with Crippen LogP contribution in [0, 0.1) is 0 Å². The topological polar surface area (TPSA) is 217 Å². The van der Waals surface area contributed by atoms with E-state index in [1.807, 2.05) is 0 Å². The van der Waals surface area contributed by atoms with Gasteiger partial charge in [0.15, 0.2) is 6.29 Å². The van der Waals surface area contributed by atoms with E-state index in [2.05, 4.69) is 21.3 Å². The number of hydrogen-bond acceptors (Lipinski definition) is 12. The van der Waals surface area contributed by atoms with Gasteiger partial charge in [-0.3, -0.25) is 4.79 Å². The summed E-state index contributed by atoms with van der Waals surface area (Å²) in [5, 5.41) is 53.6. The number of carbonyl (C=O) groups excluding carboxylic acids is 3. The third-order valence-electron chi connectivity index (χ3n) is 6.71. The third-order valence-corrected chi connectivity index (χ3v) is 6.71. The van der Waals surface area contributed by atoms with E-state index in [0.717, 1.165) is 0 Å². The van der Waals surface area contributed by atoms with Gasteiger partial charge in [0.05, 0.1) is 24.8 Å². The lowest BCUT2D eigenvalue weighted by Gasteiger charge is -2.47. The molecule has 0 bridgehead atoms. The molecular formula is C27H50N4O11. The van der Waals surface area contributed by atoms with Crippen molar-refractivity contribution in [2.75, 3.05) is 20.2 Å². The highest BCUT2D eigenvalue weighted by Gasteiger charge is 2.49. The first-order chi connectivity index (χ1) is 19.2. The van der Waals surface area contributed by atoms with Crippen LogP contribution in [-0.2, 0) is 23.7 Å². The molecule has 1 saturated heterocycles. The average molecular weight is 607 g/mol. The number of hydrogen-bond donors (Lipinski definition) is 8. The molecule has 0 aromatic rings. The van der Waals surface area contributed by atoms with Gasteiger partial charge in [-0.1, -0.05) is 0 Å². The summed E-state index contributed by atoms with van der Waals surface area (Å²) >= 11 is 0. The molecule has 15 heteroatoms. The fourth-order valence-electron chi connectivity index (χ4n) is 4.91. The van der Waals surface area contributed by atoms with Gasteiger partial charge in [0.2, 0.25) is 5.91 Å². The molecule has 15 nitrogen and oxygen atoms in total. The van der Waals surface area contributed by atoms with E-state index >= 15 is 0 Å². The zero-order chi connectivity index (χ0) is 32.0. The fourth-order valence-corrected chi connectivity index (χ4v) is 4.91. The molecule has 3 amide bonds. The van der Waals surface area contributed by atoms with Gasteiger partial charge in [-0.25, -0.2) is 9.59 Å². The average Bonchev–Trinajstić information content (AvgIpc) is 2.80. The van der Waals surface area contributed by atoms with Crippen LogP contribution >= 0.6 is 0 Å². The highest BCUT2D eigenvalue weighted by atomic mass is 16.7. The van der Waals surface area contributed by atoms with Crippen molar-refractivity contribution in [3.63, 3.8) is 0 Å². The lowest BCUT2D eigenvalue weighted by atomic mass is 9.85. The Morgan fingerprint density at radius 1 is 1.00 bits per heavy atom. The van der Waals surface area contributed by atoms with Crippen LogP contribution in [0.3, 0.4) is 0 Å². The lowest BCUT2D eigenvalue weighted by molar-refractivity contribution is -0.293. The van der Waals surface area contributed by atoms with Gasteiger partial charge in [-0.05, 0) is 74.8 Å². The van der Waals surface area contributed by atoms with E-state index in [0.29, 0.717) is 0 Å². The van der Waals surface area contributed by atoms with Crippen LogP contribution < -0.4 is 21.3 Å². The Balaban J connectivity index is 2.12. The second kappa shape index (κ2) is 14.5. The second-order valence-electron chi connectivity index (χ2n) is 13.1. The zero-order valence-electron chi connectivity index (χ0n) is 25.8. The smallest absolute Gasteiger partial charge is 0.407 e. The first-order valence-corrected chi connectivity index (χ1v) is 14.2. The largest absolute Gasteiger partial charge is 0.444 e. The van der Waals surface area contributed by atoms with Crippen molar-refractivity contribution in [2.24, 2.45) is 0 Å². The number of likely N-dealkylation sites (N-methyl/N-ethyl adjacent to an activating group) is 1. The predicted molar refractivity (Wildman–Crippen MR) is 149 cm³/mol. The first-order valence-electron chi connectivity index (χ1n) is 14.2. The van der Waals surface area contributed by atoms with Crippen molar-refractivity contribution in [1.82, 2.24) is 21.3 Å². The van der Waals surface area contributed by atoms with Gasteiger partial charge < -0.3 is 60.6 Å². The summed E-state index contributed by atoms with van der Waals surface area (Å²) < 4.78 is 22.0. The van der Waals surface area contributed by atoms with E-state index in [1.165, 1.54) is 6.92 Å². The maximum absolute atomic E-state index is 12.9. The van der Waals surface area contributed by atoms with Crippen molar-refractivity contribution < 1.29 is 53.8 Å². The van der Waals surface area contributed by atoms with Crippen LogP contribution in [0.25, 0.3) is 0 Å². The van der Waals surface area contributed by atoms with E-state index in [-0.39, 0.29) is 32.4 Å². The van der Waals surface area contributed by atoms with Crippen molar-refractivity contribution in [3.8, 4) is 0 Å². The molecule has 9 atom stereocenters. The Morgan fingerprint density at radius 2 is 1.60 bits per heavy atom. The summed E-state index contributed by atoms with van der Waals surface area (Å²) in [7, 11) is 1.56. The molecule has 0 radical (unpaired) electrons. The van der Waals surface area contributed by atoms with Crippen molar-refractivity contribution in [2.45, 2.75) is 133 Å². The molecule has 1 heterocycles. The molecule has 1 aliphatic heterocycles. The van der Waals surface area contributed by atoms with E-state index in [4.69, 9.17) is 18.9 Å². The van der Waals surface area contributed by atoms with Gasteiger partial charge >= 0.3 is 12.2 Å². The van der Waals surface area contributed by atoms with Gasteiger partial charge in [0.25, 0.3) is 0 Å². The molecule has 8 N–H and O–H groups in total. The molecule has 2 rings (SSSR count). The summed E-state index contributed by atoms with van der Waals surface area (Å²) in [5.41, 5.74) is -2.86. The Morgan fingerprint density at radius 3 is 2.17 bits per heavy atom. The summed E-state index contributed by atoms with van der Waals surface area (Å²) in [6, 6.07) is -2.39. The summed E-state index contributed by atoms with van der Waals surface area (Å²) in [6.07, 6.45) is -7.88. The number of nitrogens with one attached hydrogen (secondary N) is 4. The van der Waals surface area contributed by atoms with E-state index in [1.54, 1.807) is 48.6 Å². The highest BCUT2D eigenvalue weighted by Crippen LogP contribution is 2.30. The molecule has 0 spiro atoms. The normalized spacial score (nSPS) is 32.8. The molecule has 2 fully saturated rings. The molecule has 244 valence electrons. The molecule has 0 aromatic heterocycles. The molecular weight excluding hydrogens is 556 g/mol. The second-order valence-corrected chi connectivity index (χ2v) is 13.1. The number of ether oxygens (including phenoxy) is 4. The first kappa shape index (κ1) is 35.9. The van der Waals surface area contributed by atoms with Gasteiger partial charge in [-0.15, -0.1) is 0 Å². The maximum atomic E-state index is 12.9. The van der Waals surface area contributed by atoms with Gasteiger partial charge in [-0.2, -0.15) is 0 Å². The summed E-state index contributed by atoms with van der Waals surface area (Å²) in [5.74, 6) is -0.800. The molecule has 2 aliphatic rings. The van der Waals surface area contributed by atoms with Crippen molar-refractivity contribution in [1.29, 1.82) is 0 Å². The van der Waals surface area contributed by atoms with Crippen LogP contribution in [0.5, 0.6) is 0 Å². The SMILES string of the molecule is CN[C@@H]1[C@@H](O)[C@@H](O[C@@H]2[C@@H](O)C[C@@H](NC(=O)OC(C)(C)C)C[C@H]2NC(=O)[C@@H](O)CCNC(=O)OC(C)(C)C)OC[C@]1(C)O. The Hall–Kier alpha value is -2.27. The molecule has 0 unspecified atom stereocenters. The number of aliphatic hydroxyl groups is 4. The van der Waals surface area contributed by atoms with Crippen molar-refractivity contribution in [3.05, 3.63) is 0 Å². The summed E-state index contributed by atoms with van der Waals surface area (Å²) in [6.45, 7) is 11.5. The third kappa shape index (κ3) is 11.1. The van der Waals surface area contributed by atoms with E-state index in [9.17, 15) is 34.8 Å². The minimum atomic E-state index is -1.53. The van der Waals surface area contributed by atoms with Crippen LogP contribution in [-0.4, -0.2) is 124 Å². The summed E-state index contributed by atoms with van der Waals surface area (Å²) in [4.78, 5) is 37.2. The minimum Gasteiger partial charge on any atom is -0.444 e. The van der Waals surface area contributed by atoms with Gasteiger partial charge in [0.1, 0.15) is 35.1 Å². The standard InChI is InChI=1S/C27H50N4O11/c1-25(2,3)41-23(36)29-10-9-16(32)21(35)31-15-11-14(30-24(37)42-26(4,5)6)12-17(33)19(15)40-22-18(34)20(28-8)27(7,38)13-39-22/h14-20,22,28,32-34,38H,9-13H2,1-8H3,(H,29,36)(H,30,37)(H,31,35)/t14-,15+,16-,17-,18+,19-,20+,22+,27-/m0/s1. The predicted octanol–water partition coefficient (Wildman–Crippen LogP) is -0.764. The Bertz CT molecular complexity index is 921. The number of rotatable bonds is 9. The number of alkyl carbamates (subject to hydrolysis) is 2. The quantitative estimate of drug-likeness (QED) is 0.162. The van der Waals surface area contributed by atoms with Crippen LogP contribution in [0.4, 0.5) is 9.59 Å². The molecule has 1 aliphatic carbocycles. The monoisotopic (exact) mass is 606 g/mol. The highest BCUT2D eigenvalue weighted by molar-refractivity contribution is 5.81. The van der Waals surface area contributed by atoms with Crippen molar-refractivity contribution >= 4 is 18.1 Å². The van der Waals surface area contributed by atoms with E-state index < -0.39 is 83.7 Å². The van der Waals surface area contributed by atoms with Crippen LogP contribution in [0.15, 0.2) is 0 Å². The fraction of sp³-hybridized carbons (Fsp3) is 0.889. The maximum Gasteiger partial charge on any atom is 0.407 e. The minimum absolute atomic E-state index is 0.0363. The number of carbonyl (C=O) groups is 3. The number of amides is 3. The van der Waals surface area contributed by atoms with Gasteiger partial charge in [0, 0.05) is 12.6 Å². The Kier molecular flexibility index (Phi) is 12.4. The van der Waals surface area contributed by atoms with Crippen LogP contribution in [0.1, 0.15) is 67.7 Å². The lowest BCUT2D eigenvalue weighted by Crippen LogP contribution is -2.67. The Labute approximate surface area is 247 Å². The molecule has 42 heavy (non-hydrogen) atoms. The molecule has 1 saturated carbocycles. The zero-order valence-corrected chi connectivity index (χ0v) is 25.8. The van der Waals surface area contributed by atoms with Crippen LogP contribution in [0.2, 0.25) is 0 Å². The molecule has 0 aromatic carbocycles.